The first-order valence-electron chi connectivity index (χ1n) is 5.35. The molecule has 2 rings (SSSR count). The second-order valence-corrected chi connectivity index (χ2v) is 4.07. The molecule has 1 nitrogen and oxygen atoms in total. The molecule has 1 saturated heterocycles. The van der Waals surface area contributed by atoms with E-state index in [1.165, 1.54) is 37.7 Å². The Hall–Kier alpha value is -0.560. The van der Waals surface area contributed by atoms with Gasteiger partial charge in [0.25, 0.3) is 0 Å². The van der Waals surface area contributed by atoms with Crippen LogP contribution in [0.1, 0.15) is 32.1 Å². The maximum Gasteiger partial charge on any atom is 0.0687 e. The van der Waals surface area contributed by atoms with Crippen molar-refractivity contribution in [2.24, 2.45) is 5.92 Å². The molecule has 0 aromatic carbocycles. The molecule has 1 heterocycles. The number of hydrogen-bond acceptors (Lipinski definition) is 1. The summed E-state index contributed by atoms with van der Waals surface area (Å²) in [6.45, 7) is 4.60. The monoisotopic (exact) mass is 178 g/mol. The molecule has 0 N–H and O–H groups in total. The minimum atomic E-state index is 0.522. The van der Waals surface area contributed by atoms with E-state index in [9.17, 15) is 0 Å². The molecule has 0 aromatic rings. The van der Waals surface area contributed by atoms with Gasteiger partial charge in [0.05, 0.1) is 12.7 Å². The van der Waals surface area contributed by atoms with Gasteiger partial charge in [0.15, 0.2) is 0 Å². The van der Waals surface area contributed by atoms with Crippen molar-refractivity contribution < 1.29 is 4.74 Å². The lowest BCUT2D eigenvalue weighted by Gasteiger charge is -2.14. The summed E-state index contributed by atoms with van der Waals surface area (Å²) in [5.41, 5.74) is 1.47. The molecule has 13 heavy (non-hydrogen) atoms. The summed E-state index contributed by atoms with van der Waals surface area (Å²) < 4.78 is 5.79. The first-order valence-corrected chi connectivity index (χ1v) is 5.35. The summed E-state index contributed by atoms with van der Waals surface area (Å²) in [6, 6.07) is 0. The molecule has 0 amide bonds. The molecule has 0 radical (unpaired) electrons. The number of rotatable bonds is 1. The number of ether oxygens (including phenoxy) is 1. The Bertz CT molecular complexity index is 217. The van der Waals surface area contributed by atoms with Crippen molar-refractivity contribution in [3.8, 4) is 0 Å². The van der Waals surface area contributed by atoms with E-state index >= 15 is 0 Å². The smallest absolute Gasteiger partial charge is 0.0687 e. The van der Waals surface area contributed by atoms with Crippen molar-refractivity contribution in [1.29, 1.82) is 0 Å². The molecule has 1 aliphatic heterocycles. The predicted octanol–water partition coefficient (Wildman–Crippen LogP) is 3.08. The molecule has 1 heteroatoms. The molecule has 2 fully saturated rings. The normalized spacial score (nSPS) is 37.1. The predicted molar refractivity (Wildman–Crippen MR) is 54.6 cm³/mol. The second kappa shape index (κ2) is 4.10. The van der Waals surface area contributed by atoms with Crippen molar-refractivity contribution in [3.05, 3.63) is 24.3 Å². The van der Waals surface area contributed by atoms with Crippen LogP contribution in [0.2, 0.25) is 0 Å². The molecule has 0 bridgehead atoms. The van der Waals surface area contributed by atoms with E-state index in [0.29, 0.717) is 12.0 Å². The van der Waals surface area contributed by atoms with Crippen LogP contribution < -0.4 is 0 Å². The van der Waals surface area contributed by atoms with E-state index in [4.69, 9.17) is 4.74 Å². The summed E-state index contributed by atoms with van der Waals surface area (Å²) in [6.07, 6.45) is 11.3. The molecule has 72 valence electrons. The van der Waals surface area contributed by atoms with E-state index in [0.717, 1.165) is 6.61 Å². The first-order chi connectivity index (χ1) is 6.42. The SMILES string of the molecule is C=C/C=C1/COC2CCCCCC12. The molecular formula is C12H18O. The van der Waals surface area contributed by atoms with E-state index in [2.05, 4.69) is 12.7 Å². The second-order valence-electron chi connectivity index (χ2n) is 4.07. The van der Waals surface area contributed by atoms with Gasteiger partial charge in [0, 0.05) is 5.92 Å². The highest BCUT2D eigenvalue weighted by molar-refractivity contribution is 5.19. The average molecular weight is 178 g/mol. The number of hydrogen-bond donors (Lipinski definition) is 0. The largest absolute Gasteiger partial charge is 0.373 e. The van der Waals surface area contributed by atoms with E-state index in [-0.39, 0.29) is 0 Å². The molecule has 0 aromatic heterocycles. The molecule has 0 spiro atoms. The highest BCUT2D eigenvalue weighted by Crippen LogP contribution is 2.36. The minimum absolute atomic E-state index is 0.522. The van der Waals surface area contributed by atoms with Crippen LogP contribution in [0.5, 0.6) is 0 Å². The summed E-state index contributed by atoms with van der Waals surface area (Å²) in [5, 5.41) is 0. The third-order valence-electron chi connectivity index (χ3n) is 3.22. The van der Waals surface area contributed by atoms with Crippen LogP contribution >= 0.6 is 0 Å². The Kier molecular flexibility index (Phi) is 2.84. The van der Waals surface area contributed by atoms with Gasteiger partial charge in [-0.3, -0.25) is 0 Å². The van der Waals surface area contributed by atoms with Crippen molar-refractivity contribution in [3.63, 3.8) is 0 Å². The van der Waals surface area contributed by atoms with Gasteiger partial charge >= 0.3 is 0 Å². The van der Waals surface area contributed by atoms with Crippen LogP contribution in [0.3, 0.4) is 0 Å². The summed E-state index contributed by atoms with van der Waals surface area (Å²) >= 11 is 0. The molecule has 2 aliphatic rings. The van der Waals surface area contributed by atoms with Crippen molar-refractivity contribution >= 4 is 0 Å². The van der Waals surface area contributed by atoms with Crippen LogP contribution in [-0.2, 0) is 4.74 Å². The van der Waals surface area contributed by atoms with Gasteiger partial charge in [-0.15, -0.1) is 0 Å². The Labute approximate surface area is 80.5 Å². The van der Waals surface area contributed by atoms with E-state index in [1.54, 1.807) is 0 Å². The van der Waals surface area contributed by atoms with Crippen LogP contribution in [0.25, 0.3) is 0 Å². The zero-order chi connectivity index (χ0) is 9.10. The maximum atomic E-state index is 5.79. The summed E-state index contributed by atoms with van der Waals surface area (Å²) in [7, 11) is 0. The molecule has 1 saturated carbocycles. The maximum absolute atomic E-state index is 5.79. The molecule has 2 unspecified atom stereocenters. The zero-order valence-corrected chi connectivity index (χ0v) is 8.17. The Morgan fingerprint density at radius 3 is 2.92 bits per heavy atom. The van der Waals surface area contributed by atoms with Crippen molar-refractivity contribution in [2.45, 2.75) is 38.2 Å². The van der Waals surface area contributed by atoms with E-state index < -0.39 is 0 Å². The van der Waals surface area contributed by atoms with Crippen LogP contribution in [-0.4, -0.2) is 12.7 Å². The van der Waals surface area contributed by atoms with E-state index in [1.807, 2.05) is 6.08 Å². The lowest BCUT2D eigenvalue weighted by atomic mass is 9.92. The van der Waals surface area contributed by atoms with Crippen LogP contribution in [0.4, 0.5) is 0 Å². The topological polar surface area (TPSA) is 9.23 Å². The van der Waals surface area contributed by atoms with Crippen molar-refractivity contribution in [2.75, 3.05) is 6.61 Å². The van der Waals surface area contributed by atoms with Gasteiger partial charge in [-0.2, -0.15) is 0 Å². The first kappa shape index (κ1) is 9.01. The van der Waals surface area contributed by atoms with Crippen LogP contribution in [0, 0.1) is 5.92 Å². The van der Waals surface area contributed by atoms with Crippen molar-refractivity contribution in [1.82, 2.24) is 0 Å². The third kappa shape index (κ3) is 1.86. The third-order valence-corrected chi connectivity index (χ3v) is 3.22. The molecular weight excluding hydrogens is 160 g/mol. The van der Waals surface area contributed by atoms with Gasteiger partial charge < -0.3 is 4.74 Å². The zero-order valence-electron chi connectivity index (χ0n) is 8.17. The van der Waals surface area contributed by atoms with Gasteiger partial charge in [-0.1, -0.05) is 38.0 Å². The fraction of sp³-hybridized carbons (Fsp3) is 0.667. The molecule has 1 aliphatic carbocycles. The van der Waals surface area contributed by atoms with Crippen LogP contribution in [0.15, 0.2) is 24.3 Å². The number of allylic oxidation sites excluding steroid dienone is 2. The summed E-state index contributed by atoms with van der Waals surface area (Å²) in [4.78, 5) is 0. The summed E-state index contributed by atoms with van der Waals surface area (Å²) in [5.74, 6) is 0.709. The highest BCUT2D eigenvalue weighted by atomic mass is 16.5. The minimum Gasteiger partial charge on any atom is -0.373 e. The average Bonchev–Trinajstić information content (AvgIpc) is 2.38. The Balaban J connectivity index is 2.10. The highest BCUT2D eigenvalue weighted by Gasteiger charge is 2.32. The van der Waals surface area contributed by atoms with Gasteiger partial charge in [-0.05, 0) is 18.4 Å². The Morgan fingerprint density at radius 2 is 2.08 bits per heavy atom. The molecule has 2 atom stereocenters. The van der Waals surface area contributed by atoms with Gasteiger partial charge in [-0.25, -0.2) is 0 Å². The Morgan fingerprint density at radius 1 is 1.23 bits per heavy atom. The van der Waals surface area contributed by atoms with Gasteiger partial charge in [0.2, 0.25) is 0 Å². The van der Waals surface area contributed by atoms with Gasteiger partial charge in [0.1, 0.15) is 0 Å². The lowest BCUT2D eigenvalue weighted by Crippen LogP contribution is -2.14. The number of fused-ring (bicyclic) bond motifs is 1. The fourth-order valence-electron chi connectivity index (χ4n) is 2.53. The standard InChI is InChI=1S/C12H18O/c1-2-6-10-9-13-12-8-5-3-4-7-11(10)12/h2,6,11-12H,1,3-5,7-9H2/b10-6-. The lowest BCUT2D eigenvalue weighted by molar-refractivity contribution is 0.0854. The quantitative estimate of drug-likeness (QED) is 0.599. The fourth-order valence-corrected chi connectivity index (χ4v) is 2.53.